The van der Waals surface area contributed by atoms with E-state index in [1.807, 2.05) is 0 Å². The molecule has 2 N–H and O–H groups in total. The van der Waals surface area contributed by atoms with Gasteiger partial charge in [0.1, 0.15) is 0 Å². The highest BCUT2D eigenvalue weighted by Gasteiger charge is 2.29. The molecule has 0 saturated carbocycles. The molecule has 0 radical (unpaired) electrons. The molecule has 0 aromatic carbocycles. The fourth-order valence-electron chi connectivity index (χ4n) is 2.36. The maximum absolute atomic E-state index is 5.94. The minimum atomic E-state index is 0.380. The lowest BCUT2D eigenvalue weighted by Gasteiger charge is -2.29. The van der Waals surface area contributed by atoms with Gasteiger partial charge in [0.25, 0.3) is 0 Å². The first-order valence-corrected chi connectivity index (χ1v) is 7.94. The van der Waals surface area contributed by atoms with Crippen molar-refractivity contribution in [3.05, 3.63) is 19.2 Å². The van der Waals surface area contributed by atoms with Crippen LogP contribution in [0, 0.1) is 0 Å². The van der Waals surface area contributed by atoms with Crippen LogP contribution in [0.1, 0.15) is 30.7 Å². The van der Waals surface area contributed by atoms with Gasteiger partial charge in [0.15, 0.2) is 0 Å². The first-order valence-electron chi connectivity index (χ1n) is 5.54. The van der Waals surface area contributed by atoms with Crippen LogP contribution >= 0.6 is 43.2 Å². The molecular formula is C11H16Br2N2S. The summed E-state index contributed by atoms with van der Waals surface area (Å²) in [6.07, 6.45) is 2.59. The summed E-state index contributed by atoms with van der Waals surface area (Å²) in [6.45, 7) is 4.17. The molecule has 1 aromatic heterocycles. The summed E-state index contributed by atoms with van der Waals surface area (Å²) in [5.74, 6) is 0. The summed E-state index contributed by atoms with van der Waals surface area (Å²) >= 11 is 8.88. The van der Waals surface area contributed by atoms with Gasteiger partial charge in [-0.2, -0.15) is 0 Å². The first-order chi connectivity index (χ1) is 7.63. The molecule has 2 atom stereocenters. The Bertz CT molecular complexity index is 347. The summed E-state index contributed by atoms with van der Waals surface area (Å²) in [5, 5.41) is 0. The second-order valence-electron chi connectivity index (χ2n) is 4.25. The van der Waals surface area contributed by atoms with Crippen LogP contribution in [0.15, 0.2) is 14.3 Å². The molecule has 0 aliphatic carbocycles. The van der Waals surface area contributed by atoms with Gasteiger partial charge < -0.3 is 5.73 Å². The van der Waals surface area contributed by atoms with Crippen LogP contribution in [0.2, 0.25) is 0 Å². The quantitative estimate of drug-likeness (QED) is 0.881. The van der Waals surface area contributed by atoms with E-state index in [-0.39, 0.29) is 0 Å². The Kier molecular flexibility index (Phi) is 4.46. The monoisotopic (exact) mass is 366 g/mol. The molecule has 2 heterocycles. The summed E-state index contributed by atoms with van der Waals surface area (Å²) < 4.78 is 2.30. The number of nitrogens with zero attached hydrogens (tertiary/aromatic N) is 1. The van der Waals surface area contributed by atoms with Crippen molar-refractivity contribution in [3.8, 4) is 0 Å². The number of likely N-dealkylation sites (tertiary alicyclic amines) is 1. The first kappa shape index (κ1) is 13.0. The van der Waals surface area contributed by atoms with Crippen molar-refractivity contribution in [1.29, 1.82) is 0 Å². The zero-order valence-corrected chi connectivity index (χ0v) is 13.2. The molecule has 1 fully saturated rings. The number of nitrogens with two attached hydrogens (primary N) is 1. The van der Waals surface area contributed by atoms with Crippen molar-refractivity contribution >= 4 is 43.2 Å². The zero-order chi connectivity index (χ0) is 11.7. The van der Waals surface area contributed by atoms with Crippen molar-refractivity contribution in [2.75, 3.05) is 13.1 Å². The van der Waals surface area contributed by atoms with Crippen molar-refractivity contribution < 1.29 is 0 Å². The molecule has 5 heteroatoms. The SMILES string of the molecule is CC1CCCN1C(CN)c1cc(Br)c(Br)s1. The average Bonchev–Trinajstić information content (AvgIpc) is 2.78. The van der Waals surface area contributed by atoms with E-state index in [9.17, 15) is 0 Å². The normalized spacial score (nSPS) is 23.9. The molecule has 2 unspecified atom stereocenters. The lowest BCUT2D eigenvalue weighted by molar-refractivity contribution is 0.198. The summed E-state index contributed by atoms with van der Waals surface area (Å²) in [4.78, 5) is 3.89. The van der Waals surface area contributed by atoms with Crippen molar-refractivity contribution in [2.24, 2.45) is 5.73 Å². The number of hydrogen-bond donors (Lipinski definition) is 1. The largest absolute Gasteiger partial charge is 0.329 e. The molecule has 1 aromatic rings. The van der Waals surface area contributed by atoms with E-state index in [1.54, 1.807) is 11.3 Å². The Morgan fingerprint density at radius 1 is 1.62 bits per heavy atom. The van der Waals surface area contributed by atoms with E-state index in [1.165, 1.54) is 24.3 Å². The van der Waals surface area contributed by atoms with Crippen LogP contribution in [0.5, 0.6) is 0 Å². The lowest BCUT2D eigenvalue weighted by Crippen LogP contribution is -2.35. The number of thiophene rings is 1. The summed E-state index contributed by atoms with van der Waals surface area (Å²) in [5.41, 5.74) is 5.94. The van der Waals surface area contributed by atoms with E-state index < -0.39 is 0 Å². The van der Waals surface area contributed by atoms with Crippen LogP contribution in [0.3, 0.4) is 0 Å². The third kappa shape index (κ3) is 2.53. The van der Waals surface area contributed by atoms with Crippen molar-refractivity contribution in [3.63, 3.8) is 0 Å². The van der Waals surface area contributed by atoms with E-state index >= 15 is 0 Å². The summed E-state index contributed by atoms with van der Waals surface area (Å²) in [6, 6.07) is 3.23. The van der Waals surface area contributed by atoms with Crippen LogP contribution in [0.4, 0.5) is 0 Å². The molecule has 16 heavy (non-hydrogen) atoms. The second kappa shape index (κ2) is 5.48. The highest BCUT2D eigenvalue weighted by Crippen LogP contribution is 2.38. The zero-order valence-electron chi connectivity index (χ0n) is 9.25. The fourth-order valence-corrected chi connectivity index (χ4v) is 4.58. The Labute approximate surface area is 117 Å². The van der Waals surface area contributed by atoms with Gasteiger partial charge in [0, 0.05) is 21.9 Å². The highest BCUT2D eigenvalue weighted by molar-refractivity contribution is 9.13. The molecule has 0 amide bonds. The summed E-state index contributed by atoms with van der Waals surface area (Å²) in [7, 11) is 0. The minimum absolute atomic E-state index is 0.380. The molecule has 1 saturated heterocycles. The lowest BCUT2D eigenvalue weighted by atomic mass is 10.2. The second-order valence-corrected chi connectivity index (χ2v) is 7.51. The Balaban J connectivity index is 2.21. The molecule has 0 spiro atoms. The molecular weight excluding hydrogens is 352 g/mol. The van der Waals surface area contributed by atoms with Crippen LogP contribution in [0.25, 0.3) is 0 Å². The van der Waals surface area contributed by atoms with E-state index in [0.717, 1.165) is 8.26 Å². The van der Waals surface area contributed by atoms with Gasteiger partial charge in [-0.05, 0) is 64.2 Å². The highest BCUT2D eigenvalue weighted by atomic mass is 79.9. The van der Waals surface area contributed by atoms with E-state index in [2.05, 4.69) is 49.7 Å². The van der Waals surface area contributed by atoms with E-state index in [0.29, 0.717) is 18.6 Å². The van der Waals surface area contributed by atoms with Crippen LogP contribution < -0.4 is 5.73 Å². The standard InChI is InChI=1S/C11H16Br2N2S/c1-7-3-2-4-15(7)9(6-14)10-5-8(12)11(13)16-10/h5,7,9H,2-4,6,14H2,1H3. The minimum Gasteiger partial charge on any atom is -0.329 e. The predicted octanol–water partition coefficient (Wildman–Crippen LogP) is 3.76. The Morgan fingerprint density at radius 3 is 2.81 bits per heavy atom. The van der Waals surface area contributed by atoms with Gasteiger partial charge in [-0.15, -0.1) is 11.3 Å². The average molecular weight is 368 g/mol. The van der Waals surface area contributed by atoms with Gasteiger partial charge in [0.2, 0.25) is 0 Å². The van der Waals surface area contributed by atoms with Gasteiger partial charge in [0.05, 0.1) is 9.83 Å². The number of rotatable bonds is 3. The Hall–Kier alpha value is 0.580. The van der Waals surface area contributed by atoms with Gasteiger partial charge in [-0.1, -0.05) is 0 Å². The topological polar surface area (TPSA) is 29.3 Å². The van der Waals surface area contributed by atoms with Gasteiger partial charge in [-0.3, -0.25) is 4.90 Å². The molecule has 0 bridgehead atoms. The molecule has 2 rings (SSSR count). The smallest absolute Gasteiger partial charge is 0.0843 e. The number of hydrogen-bond acceptors (Lipinski definition) is 3. The molecule has 1 aliphatic heterocycles. The third-order valence-electron chi connectivity index (χ3n) is 3.22. The van der Waals surface area contributed by atoms with Gasteiger partial charge >= 0.3 is 0 Å². The molecule has 1 aliphatic rings. The van der Waals surface area contributed by atoms with E-state index in [4.69, 9.17) is 5.73 Å². The van der Waals surface area contributed by atoms with Crippen LogP contribution in [-0.4, -0.2) is 24.0 Å². The Morgan fingerprint density at radius 2 is 2.38 bits per heavy atom. The van der Waals surface area contributed by atoms with Crippen LogP contribution in [-0.2, 0) is 0 Å². The number of halogens is 2. The maximum Gasteiger partial charge on any atom is 0.0843 e. The van der Waals surface area contributed by atoms with Crippen molar-refractivity contribution in [1.82, 2.24) is 4.90 Å². The van der Waals surface area contributed by atoms with Gasteiger partial charge in [-0.25, -0.2) is 0 Å². The predicted molar refractivity (Wildman–Crippen MR) is 76.9 cm³/mol. The molecule has 2 nitrogen and oxygen atoms in total. The maximum atomic E-state index is 5.94. The fraction of sp³-hybridized carbons (Fsp3) is 0.636. The third-order valence-corrected chi connectivity index (χ3v) is 6.58. The van der Waals surface area contributed by atoms with Crippen molar-refractivity contribution in [2.45, 2.75) is 31.8 Å². The molecule has 90 valence electrons.